The average Bonchev–Trinajstić information content (AvgIpc) is 2.97. The van der Waals surface area contributed by atoms with Crippen molar-refractivity contribution in [2.24, 2.45) is 7.05 Å². The first-order chi connectivity index (χ1) is 8.60. The maximum absolute atomic E-state index is 10.1. The summed E-state index contributed by atoms with van der Waals surface area (Å²) in [5, 5.41) is 18.6. The van der Waals surface area contributed by atoms with Gasteiger partial charge in [-0.3, -0.25) is 9.36 Å². The zero-order chi connectivity index (χ0) is 13.1. The van der Waals surface area contributed by atoms with E-state index in [0.29, 0.717) is 12.5 Å². The molecule has 1 N–H and O–H groups in total. The molecule has 5 nitrogen and oxygen atoms in total. The van der Waals surface area contributed by atoms with Crippen molar-refractivity contribution in [2.75, 3.05) is 0 Å². The van der Waals surface area contributed by atoms with E-state index in [9.17, 15) is 5.11 Å². The van der Waals surface area contributed by atoms with Crippen molar-refractivity contribution in [1.29, 1.82) is 0 Å². The molecule has 2 aromatic heterocycles. The standard InChI is InChI=1S/C13H20N4O/c1-4-10(2)17-6-5-12(15-17)7-13(18)11-8-14-16(3)9-11/h5-6,8-10,13,18H,4,7H2,1-3H3. The molecule has 18 heavy (non-hydrogen) atoms. The Balaban J connectivity index is 2.03. The smallest absolute Gasteiger partial charge is 0.0876 e. The summed E-state index contributed by atoms with van der Waals surface area (Å²) in [4.78, 5) is 0. The van der Waals surface area contributed by atoms with Gasteiger partial charge in [-0.25, -0.2) is 0 Å². The summed E-state index contributed by atoms with van der Waals surface area (Å²) in [5.74, 6) is 0. The molecule has 0 spiro atoms. The second-order valence-corrected chi connectivity index (χ2v) is 4.71. The van der Waals surface area contributed by atoms with Crippen molar-refractivity contribution in [1.82, 2.24) is 19.6 Å². The Kier molecular flexibility index (Phi) is 3.81. The number of hydrogen-bond acceptors (Lipinski definition) is 3. The third kappa shape index (κ3) is 2.79. The highest BCUT2D eigenvalue weighted by Crippen LogP contribution is 2.17. The van der Waals surface area contributed by atoms with Crippen LogP contribution in [0.5, 0.6) is 0 Å². The van der Waals surface area contributed by atoms with Gasteiger partial charge in [0.25, 0.3) is 0 Å². The van der Waals surface area contributed by atoms with E-state index in [-0.39, 0.29) is 0 Å². The summed E-state index contributed by atoms with van der Waals surface area (Å²) in [6.07, 6.45) is 6.52. The lowest BCUT2D eigenvalue weighted by atomic mass is 10.1. The lowest BCUT2D eigenvalue weighted by Crippen LogP contribution is -2.06. The van der Waals surface area contributed by atoms with Crippen LogP contribution in [-0.2, 0) is 13.5 Å². The van der Waals surface area contributed by atoms with E-state index in [2.05, 4.69) is 24.0 Å². The average molecular weight is 248 g/mol. The lowest BCUT2D eigenvalue weighted by molar-refractivity contribution is 0.176. The molecule has 2 atom stereocenters. The van der Waals surface area contributed by atoms with Crippen LogP contribution in [0, 0.1) is 0 Å². The van der Waals surface area contributed by atoms with E-state index in [4.69, 9.17) is 0 Å². The molecule has 0 aromatic carbocycles. The molecule has 98 valence electrons. The summed E-state index contributed by atoms with van der Waals surface area (Å²) in [6, 6.07) is 2.36. The van der Waals surface area contributed by atoms with Crippen LogP contribution >= 0.6 is 0 Å². The summed E-state index contributed by atoms with van der Waals surface area (Å²) < 4.78 is 3.64. The molecular weight excluding hydrogens is 228 g/mol. The van der Waals surface area contributed by atoms with Crippen LogP contribution in [0.2, 0.25) is 0 Å². The highest BCUT2D eigenvalue weighted by Gasteiger charge is 2.13. The zero-order valence-corrected chi connectivity index (χ0v) is 11.1. The van der Waals surface area contributed by atoms with E-state index in [0.717, 1.165) is 17.7 Å². The SMILES string of the molecule is CCC(C)n1ccc(CC(O)c2cnn(C)c2)n1. The van der Waals surface area contributed by atoms with Gasteiger partial charge in [-0.15, -0.1) is 0 Å². The molecule has 0 amide bonds. The zero-order valence-electron chi connectivity index (χ0n) is 11.1. The minimum absolute atomic E-state index is 0.397. The Morgan fingerprint density at radius 2 is 2.22 bits per heavy atom. The molecule has 5 heteroatoms. The van der Waals surface area contributed by atoms with Crippen molar-refractivity contribution in [2.45, 2.75) is 38.8 Å². The van der Waals surface area contributed by atoms with E-state index in [1.165, 1.54) is 0 Å². The molecule has 0 aliphatic rings. The maximum Gasteiger partial charge on any atom is 0.0876 e. The lowest BCUT2D eigenvalue weighted by Gasteiger charge is -2.09. The van der Waals surface area contributed by atoms with E-state index in [1.807, 2.05) is 30.2 Å². The summed E-state index contributed by atoms with van der Waals surface area (Å²) in [6.45, 7) is 4.27. The molecular formula is C13H20N4O. The topological polar surface area (TPSA) is 55.9 Å². The van der Waals surface area contributed by atoms with Crippen LogP contribution in [-0.4, -0.2) is 24.7 Å². The van der Waals surface area contributed by atoms with Crippen LogP contribution < -0.4 is 0 Å². The van der Waals surface area contributed by atoms with Gasteiger partial charge in [0.15, 0.2) is 0 Å². The molecule has 2 heterocycles. The van der Waals surface area contributed by atoms with Crippen LogP contribution in [0.3, 0.4) is 0 Å². The maximum atomic E-state index is 10.1. The fourth-order valence-corrected chi connectivity index (χ4v) is 1.85. The van der Waals surface area contributed by atoms with Gasteiger partial charge in [-0.05, 0) is 19.4 Å². The highest BCUT2D eigenvalue weighted by atomic mass is 16.3. The van der Waals surface area contributed by atoms with Crippen LogP contribution in [0.4, 0.5) is 0 Å². The summed E-state index contributed by atoms with van der Waals surface area (Å²) in [5.41, 5.74) is 1.74. The first-order valence-corrected chi connectivity index (χ1v) is 6.30. The fraction of sp³-hybridized carbons (Fsp3) is 0.538. The third-order valence-corrected chi connectivity index (χ3v) is 3.22. The van der Waals surface area contributed by atoms with Crippen LogP contribution in [0.25, 0.3) is 0 Å². The van der Waals surface area contributed by atoms with Gasteiger partial charge in [0.1, 0.15) is 0 Å². The van der Waals surface area contributed by atoms with E-state index < -0.39 is 6.10 Å². The minimum atomic E-state index is -0.543. The van der Waals surface area contributed by atoms with Gasteiger partial charge in [0.2, 0.25) is 0 Å². The van der Waals surface area contributed by atoms with Gasteiger partial charge in [-0.1, -0.05) is 6.92 Å². The van der Waals surface area contributed by atoms with Gasteiger partial charge in [0, 0.05) is 37.5 Å². The predicted octanol–water partition coefficient (Wildman–Crippen LogP) is 1.86. The Hall–Kier alpha value is -1.62. The molecule has 0 aliphatic heterocycles. The Morgan fingerprint density at radius 3 is 2.83 bits per heavy atom. The highest BCUT2D eigenvalue weighted by molar-refractivity contribution is 5.12. The third-order valence-electron chi connectivity index (χ3n) is 3.22. The van der Waals surface area contributed by atoms with Crippen molar-refractivity contribution in [3.8, 4) is 0 Å². The van der Waals surface area contributed by atoms with Crippen LogP contribution in [0.15, 0.2) is 24.7 Å². The summed E-state index contributed by atoms with van der Waals surface area (Å²) >= 11 is 0. The van der Waals surface area contributed by atoms with Crippen molar-refractivity contribution >= 4 is 0 Å². The fourth-order valence-electron chi connectivity index (χ4n) is 1.85. The number of hydrogen-bond donors (Lipinski definition) is 1. The number of aliphatic hydroxyl groups is 1. The summed E-state index contributed by atoms with van der Waals surface area (Å²) in [7, 11) is 1.84. The molecule has 0 bridgehead atoms. The molecule has 0 saturated carbocycles. The Bertz CT molecular complexity index is 503. The molecule has 0 aliphatic carbocycles. The number of aryl methyl sites for hydroxylation is 1. The predicted molar refractivity (Wildman–Crippen MR) is 69.1 cm³/mol. The molecule has 0 fully saturated rings. The van der Waals surface area contributed by atoms with E-state index in [1.54, 1.807) is 10.9 Å². The Labute approximate surface area is 107 Å². The first-order valence-electron chi connectivity index (χ1n) is 6.30. The van der Waals surface area contributed by atoms with Crippen molar-refractivity contribution in [3.63, 3.8) is 0 Å². The number of aromatic nitrogens is 4. The van der Waals surface area contributed by atoms with Gasteiger partial charge in [-0.2, -0.15) is 10.2 Å². The quantitative estimate of drug-likeness (QED) is 0.878. The number of rotatable bonds is 5. The largest absolute Gasteiger partial charge is 0.388 e. The second kappa shape index (κ2) is 5.35. The first kappa shape index (κ1) is 12.8. The molecule has 2 rings (SSSR count). The minimum Gasteiger partial charge on any atom is -0.388 e. The van der Waals surface area contributed by atoms with Crippen LogP contribution in [0.1, 0.15) is 43.7 Å². The normalized spacial score (nSPS) is 14.7. The molecule has 0 radical (unpaired) electrons. The van der Waals surface area contributed by atoms with Gasteiger partial charge >= 0.3 is 0 Å². The monoisotopic (exact) mass is 248 g/mol. The second-order valence-electron chi connectivity index (χ2n) is 4.71. The molecule has 2 unspecified atom stereocenters. The molecule has 0 saturated heterocycles. The van der Waals surface area contributed by atoms with Crippen molar-refractivity contribution in [3.05, 3.63) is 35.9 Å². The number of nitrogens with zero attached hydrogens (tertiary/aromatic N) is 4. The van der Waals surface area contributed by atoms with Gasteiger partial charge < -0.3 is 5.11 Å². The van der Waals surface area contributed by atoms with E-state index >= 15 is 0 Å². The molecule has 2 aromatic rings. The Morgan fingerprint density at radius 1 is 1.44 bits per heavy atom. The number of aliphatic hydroxyl groups excluding tert-OH is 1. The van der Waals surface area contributed by atoms with Crippen molar-refractivity contribution < 1.29 is 5.11 Å². The van der Waals surface area contributed by atoms with Gasteiger partial charge in [0.05, 0.1) is 18.0 Å².